The van der Waals surface area contributed by atoms with Crippen molar-refractivity contribution in [2.24, 2.45) is 0 Å². The molecule has 2 aromatic heterocycles. The van der Waals surface area contributed by atoms with Crippen molar-refractivity contribution in [3.05, 3.63) is 28.2 Å². The molecule has 2 N–H and O–H groups in total. The number of pyridine rings is 1. The van der Waals surface area contributed by atoms with E-state index < -0.39 is 11.6 Å². The van der Waals surface area contributed by atoms with Crippen molar-refractivity contribution >= 4 is 39.2 Å². The number of amides is 1. The summed E-state index contributed by atoms with van der Waals surface area (Å²) < 4.78 is 0.919. The van der Waals surface area contributed by atoms with Crippen LogP contribution in [0, 0.1) is 0 Å². The van der Waals surface area contributed by atoms with Gasteiger partial charge in [0, 0.05) is 11.1 Å². The first-order valence-electron chi connectivity index (χ1n) is 5.16. The Bertz CT molecular complexity index is 607. The minimum Gasteiger partial charge on any atom is -0.465 e. The summed E-state index contributed by atoms with van der Waals surface area (Å²) in [5.41, 5.74) is 0.427. The van der Waals surface area contributed by atoms with Crippen LogP contribution in [-0.4, -0.2) is 16.2 Å². The van der Waals surface area contributed by atoms with Gasteiger partial charge in [0.25, 0.3) is 0 Å². The molecule has 4 nitrogen and oxygen atoms in total. The highest BCUT2D eigenvalue weighted by Crippen LogP contribution is 2.49. The minimum atomic E-state index is -0.987. The molecular weight excluding hydrogens is 260 g/mol. The molecule has 1 aliphatic rings. The van der Waals surface area contributed by atoms with E-state index in [1.54, 1.807) is 12.3 Å². The fourth-order valence-corrected chi connectivity index (χ4v) is 3.40. The van der Waals surface area contributed by atoms with E-state index in [9.17, 15) is 4.79 Å². The van der Waals surface area contributed by atoms with E-state index in [-0.39, 0.29) is 0 Å². The highest BCUT2D eigenvalue weighted by molar-refractivity contribution is 7.19. The van der Waals surface area contributed by atoms with Crippen molar-refractivity contribution in [2.75, 3.05) is 0 Å². The van der Waals surface area contributed by atoms with Gasteiger partial charge < -0.3 is 10.4 Å². The molecule has 1 aliphatic carbocycles. The van der Waals surface area contributed by atoms with Crippen LogP contribution in [0.15, 0.2) is 18.3 Å². The van der Waals surface area contributed by atoms with E-state index in [2.05, 4.69) is 10.3 Å². The Morgan fingerprint density at radius 1 is 1.59 bits per heavy atom. The van der Waals surface area contributed by atoms with Crippen molar-refractivity contribution in [3.8, 4) is 0 Å². The summed E-state index contributed by atoms with van der Waals surface area (Å²) in [6.07, 6.45) is 2.35. The lowest BCUT2D eigenvalue weighted by molar-refractivity contribution is 0.188. The zero-order valence-electron chi connectivity index (χ0n) is 8.74. The number of fused-ring (bicyclic) bond motifs is 1. The summed E-state index contributed by atoms with van der Waals surface area (Å²) >= 11 is 7.60. The Labute approximate surface area is 106 Å². The molecule has 0 bridgehead atoms. The van der Waals surface area contributed by atoms with Crippen molar-refractivity contribution in [3.63, 3.8) is 0 Å². The molecule has 1 fully saturated rings. The van der Waals surface area contributed by atoms with Crippen LogP contribution in [0.5, 0.6) is 0 Å². The van der Waals surface area contributed by atoms with E-state index in [0.29, 0.717) is 5.02 Å². The Morgan fingerprint density at radius 3 is 2.94 bits per heavy atom. The Hall–Kier alpha value is -1.33. The van der Waals surface area contributed by atoms with E-state index >= 15 is 0 Å². The summed E-state index contributed by atoms with van der Waals surface area (Å²) in [7, 11) is 0. The van der Waals surface area contributed by atoms with Gasteiger partial charge in [-0.15, -0.1) is 11.3 Å². The van der Waals surface area contributed by atoms with E-state index in [1.165, 1.54) is 11.3 Å². The lowest BCUT2D eigenvalue weighted by Gasteiger charge is -2.12. The SMILES string of the molecule is O=C(O)NC1(c2cc3nccc(Cl)c3s2)CC1. The number of rotatable bonds is 2. The molecule has 3 rings (SSSR count). The standard InChI is InChI=1S/C11H9ClN2O2S/c12-6-1-4-13-7-5-8(17-9(6)7)11(2-3-11)14-10(15)16/h1,4-5,14H,2-3H2,(H,15,16). The van der Waals surface area contributed by atoms with Crippen LogP contribution < -0.4 is 5.32 Å². The number of carbonyl (C=O) groups is 1. The highest BCUT2D eigenvalue weighted by Gasteiger charge is 2.47. The van der Waals surface area contributed by atoms with Gasteiger partial charge in [-0.05, 0) is 25.0 Å². The molecule has 1 amide bonds. The second-order valence-corrected chi connectivity index (χ2v) is 5.59. The van der Waals surface area contributed by atoms with Crippen LogP contribution in [0.25, 0.3) is 10.2 Å². The molecule has 17 heavy (non-hydrogen) atoms. The van der Waals surface area contributed by atoms with Gasteiger partial charge in [-0.25, -0.2) is 4.79 Å². The molecule has 2 heterocycles. The lowest BCUT2D eigenvalue weighted by Crippen LogP contribution is -2.32. The minimum absolute atomic E-state index is 0.402. The molecule has 0 aromatic carbocycles. The summed E-state index contributed by atoms with van der Waals surface area (Å²) in [4.78, 5) is 16.0. The zero-order valence-corrected chi connectivity index (χ0v) is 10.3. The van der Waals surface area contributed by atoms with Crippen LogP contribution in [0.1, 0.15) is 17.7 Å². The summed E-state index contributed by atoms with van der Waals surface area (Å²) in [5.74, 6) is 0. The summed E-state index contributed by atoms with van der Waals surface area (Å²) in [6.45, 7) is 0. The number of aromatic nitrogens is 1. The van der Waals surface area contributed by atoms with Gasteiger partial charge in [0.2, 0.25) is 0 Å². The number of thiophene rings is 1. The topological polar surface area (TPSA) is 62.2 Å². The van der Waals surface area contributed by atoms with Crippen LogP contribution >= 0.6 is 22.9 Å². The van der Waals surface area contributed by atoms with E-state index in [1.807, 2.05) is 6.07 Å². The molecule has 0 aliphatic heterocycles. The van der Waals surface area contributed by atoms with Crippen molar-refractivity contribution in [2.45, 2.75) is 18.4 Å². The third-order valence-corrected chi connectivity index (χ3v) is 4.72. The quantitative estimate of drug-likeness (QED) is 0.879. The average molecular weight is 269 g/mol. The molecule has 88 valence electrons. The molecular formula is C11H9ClN2O2S. The van der Waals surface area contributed by atoms with Crippen LogP contribution in [0.4, 0.5) is 4.79 Å². The van der Waals surface area contributed by atoms with Gasteiger partial charge in [0.15, 0.2) is 0 Å². The van der Waals surface area contributed by atoms with Crippen LogP contribution in [0.2, 0.25) is 5.02 Å². The van der Waals surface area contributed by atoms with Gasteiger partial charge in [0.1, 0.15) is 0 Å². The maximum Gasteiger partial charge on any atom is 0.405 e. The molecule has 0 saturated heterocycles. The first kappa shape index (κ1) is 10.8. The number of hydrogen-bond donors (Lipinski definition) is 2. The summed E-state index contributed by atoms with van der Waals surface area (Å²) in [5, 5.41) is 12.1. The van der Waals surface area contributed by atoms with Crippen molar-refractivity contribution in [1.29, 1.82) is 0 Å². The molecule has 2 aromatic rings. The Balaban J connectivity index is 2.07. The maximum absolute atomic E-state index is 10.8. The monoisotopic (exact) mass is 268 g/mol. The van der Waals surface area contributed by atoms with Gasteiger partial charge >= 0.3 is 6.09 Å². The number of nitrogens with zero attached hydrogens (tertiary/aromatic N) is 1. The molecule has 0 atom stereocenters. The third-order valence-electron chi connectivity index (χ3n) is 2.93. The Kier molecular flexibility index (Phi) is 2.27. The fraction of sp³-hybridized carbons (Fsp3) is 0.273. The van der Waals surface area contributed by atoms with Gasteiger partial charge in [-0.3, -0.25) is 4.98 Å². The predicted molar refractivity (Wildman–Crippen MR) is 66.7 cm³/mol. The molecule has 1 saturated carbocycles. The number of halogens is 1. The average Bonchev–Trinajstić information content (AvgIpc) is 2.89. The van der Waals surface area contributed by atoms with Crippen molar-refractivity contribution in [1.82, 2.24) is 10.3 Å². The predicted octanol–water partition coefficient (Wildman–Crippen LogP) is 3.21. The molecule has 0 spiro atoms. The first-order chi connectivity index (χ1) is 8.11. The van der Waals surface area contributed by atoms with E-state index in [0.717, 1.165) is 27.9 Å². The van der Waals surface area contributed by atoms with E-state index in [4.69, 9.17) is 16.7 Å². The second kappa shape index (κ2) is 3.58. The summed E-state index contributed by atoms with van der Waals surface area (Å²) in [6, 6.07) is 3.67. The van der Waals surface area contributed by atoms with Gasteiger partial charge in [-0.1, -0.05) is 11.6 Å². The van der Waals surface area contributed by atoms with Crippen LogP contribution in [0.3, 0.4) is 0 Å². The number of carboxylic acid groups (broad SMARTS) is 1. The second-order valence-electron chi connectivity index (χ2n) is 4.13. The molecule has 0 radical (unpaired) electrons. The maximum atomic E-state index is 10.8. The van der Waals surface area contributed by atoms with Gasteiger partial charge in [0.05, 0.1) is 20.8 Å². The number of hydrogen-bond acceptors (Lipinski definition) is 3. The van der Waals surface area contributed by atoms with Crippen molar-refractivity contribution < 1.29 is 9.90 Å². The highest BCUT2D eigenvalue weighted by atomic mass is 35.5. The number of nitrogens with one attached hydrogen (secondary N) is 1. The molecule has 6 heteroatoms. The third kappa shape index (κ3) is 1.75. The lowest BCUT2D eigenvalue weighted by atomic mass is 10.2. The Morgan fingerprint density at radius 2 is 2.35 bits per heavy atom. The smallest absolute Gasteiger partial charge is 0.405 e. The zero-order chi connectivity index (χ0) is 12.0. The first-order valence-corrected chi connectivity index (χ1v) is 6.36. The fourth-order valence-electron chi connectivity index (χ4n) is 1.91. The largest absolute Gasteiger partial charge is 0.465 e. The molecule has 0 unspecified atom stereocenters. The normalized spacial score (nSPS) is 17.0. The van der Waals surface area contributed by atoms with Crippen LogP contribution in [-0.2, 0) is 5.54 Å². The van der Waals surface area contributed by atoms with Gasteiger partial charge in [-0.2, -0.15) is 0 Å².